The van der Waals surface area contributed by atoms with Crippen molar-refractivity contribution in [2.75, 3.05) is 0 Å². The summed E-state index contributed by atoms with van der Waals surface area (Å²) in [6, 6.07) is 0. The monoisotopic (exact) mass is 98.0 g/mol. The molecule has 0 aliphatic carbocycles. The molecule has 4 heavy (non-hydrogen) atoms. The minimum Gasteiger partial charge on any atom is -0.307 e. The van der Waals surface area contributed by atoms with E-state index in [1.165, 1.54) is 0 Å². The molecule has 0 heterocycles. The third kappa shape index (κ3) is 77.7. The van der Waals surface area contributed by atoms with E-state index < -0.39 is 0 Å². The number of hydrogen-bond donors (Lipinski definition) is 0. The SMILES string of the molecule is C.C=O.[Cr]. The Balaban J connectivity index is -0.00000000500. The summed E-state index contributed by atoms with van der Waals surface area (Å²) in [4.78, 5) is 8.00. The number of carbonyl (C=O) groups is 1. The summed E-state index contributed by atoms with van der Waals surface area (Å²) in [7, 11) is 0. The Kier molecular flexibility index (Phi) is 2820. The van der Waals surface area contributed by atoms with Crippen molar-refractivity contribution >= 4 is 6.79 Å². The van der Waals surface area contributed by atoms with E-state index in [0.717, 1.165) is 0 Å². The van der Waals surface area contributed by atoms with E-state index in [4.69, 9.17) is 4.79 Å². The zero-order valence-electron chi connectivity index (χ0n) is 1.52. The van der Waals surface area contributed by atoms with Crippen LogP contribution in [0.25, 0.3) is 0 Å². The van der Waals surface area contributed by atoms with Gasteiger partial charge in [-0.25, -0.2) is 0 Å². The second kappa shape index (κ2) is 379. The first kappa shape index (κ1) is 29.8. The van der Waals surface area contributed by atoms with Gasteiger partial charge in [0.1, 0.15) is 6.79 Å². The number of carbonyl (C=O) groups excluding carboxylic acids is 1. The van der Waals surface area contributed by atoms with Crippen molar-refractivity contribution < 1.29 is 22.2 Å². The predicted molar refractivity (Wildman–Crippen MR) is 13.9 cm³/mol. The Hall–Kier alpha value is 0.202. The minimum atomic E-state index is 0. The van der Waals surface area contributed by atoms with E-state index in [0.29, 0.717) is 0 Å². The fourth-order valence-electron chi connectivity index (χ4n) is 0. The van der Waals surface area contributed by atoms with Gasteiger partial charge in [-0.15, -0.1) is 0 Å². The van der Waals surface area contributed by atoms with Crippen molar-refractivity contribution in [3.8, 4) is 0 Å². The van der Waals surface area contributed by atoms with Crippen LogP contribution in [0, 0.1) is 0 Å². The van der Waals surface area contributed by atoms with Crippen molar-refractivity contribution in [3.63, 3.8) is 0 Å². The Morgan fingerprint density at radius 2 is 1.25 bits per heavy atom. The van der Waals surface area contributed by atoms with E-state index in [2.05, 4.69) is 0 Å². The molecule has 0 aromatic carbocycles. The molecule has 0 aromatic rings. The fraction of sp³-hybridized carbons (Fsp3) is 0.500. The largest absolute Gasteiger partial charge is 0.307 e. The van der Waals surface area contributed by atoms with E-state index in [9.17, 15) is 0 Å². The van der Waals surface area contributed by atoms with Gasteiger partial charge < -0.3 is 4.79 Å². The molecule has 0 bridgehead atoms. The van der Waals surface area contributed by atoms with Crippen LogP contribution in [0.5, 0.6) is 0 Å². The van der Waals surface area contributed by atoms with Crippen LogP contribution < -0.4 is 0 Å². The van der Waals surface area contributed by atoms with Crippen molar-refractivity contribution in [1.82, 2.24) is 0 Å². The summed E-state index contributed by atoms with van der Waals surface area (Å²) in [6.07, 6.45) is 0. The standard InChI is InChI=1S/CH2O.CH4.Cr/c1-2;;/h1H2;1H4;. The van der Waals surface area contributed by atoms with Crippen LogP contribution >= 0.6 is 0 Å². The molecule has 0 amide bonds. The molecule has 0 unspecified atom stereocenters. The second-order valence-corrected chi connectivity index (χ2v) is 0. The average Bonchev–Trinajstić information content (AvgIpc) is 1.00. The summed E-state index contributed by atoms with van der Waals surface area (Å²) < 4.78 is 0. The topological polar surface area (TPSA) is 17.1 Å². The molecule has 0 aliphatic heterocycles. The first-order valence-corrected chi connectivity index (χ1v) is 0.289. The van der Waals surface area contributed by atoms with Crippen LogP contribution in [0.3, 0.4) is 0 Å². The zero-order chi connectivity index (χ0) is 2.00. The van der Waals surface area contributed by atoms with Gasteiger partial charge in [0.05, 0.1) is 0 Å². The van der Waals surface area contributed by atoms with Gasteiger partial charge in [-0.1, -0.05) is 7.43 Å². The summed E-state index contributed by atoms with van der Waals surface area (Å²) in [5.74, 6) is 0. The first-order valence-electron chi connectivity index (χ1n) is 0.289. The first-order chi connectivity index (χ1) is 1.00. The second-order valence-electron chi connectivity index (χ2n) is 0. The molecule has 0 atom stereocenters. The quantitative estimate of drug-likeness (QED) is 0.430. The molecule has 0 saturated heterocycles. The van der Waals surface area contributed by atoms with E-state index in [1.807, 2.05) is 6.79 Å². The van der Waals surface area contributed by atoms with Crippen LogP contribution in [-0.2, 0) is 22.2 Å². The van der Waals surface area contributed by atoms with Gasteiger partial charge in [-0.3, -0.25) is 0 Å². The molecule has 0 N–H and O–H groups in total. The average molecular weight is 98.1 g/mol. The third-order valence-corrected chi connectivity index (χ3v) is 0. The summed E-state index contributed by atoms with van der Waals surface area (Å²) in [5.41, 5.74) is 0. The molecule has 0 aromatic heterocycles. The maximum atomic E-state index is 8.00. The number of hydrogen-bond acceptors (Lipinski definition) is 1. The van der Waals surface area contributed by atoms with Gasteiger partial charge in [0.2, 0.25) is 0 Å². The summed E-state index contributed by atoms with van der Waals surface area (Å²) >= 11 is 0. The van der Waals surface area contributed by atoms with Gasteiger partial charge >= 0.3 is 0 Å². The Morgan fingerprint density at radius 3 is 1.25 bits per heavy atom. The molecule has 0 rings (SSSR count). The summed E-state index contributed by atoms with van der Waals surface area (Å²) in [6.45, 7) is 2.00. The van der Waals surface area contributed by atoms with Crippen LogP contribution in [0.15, 0.2) is 0 Å². The van der Waals surface area contributed by atoms with E-state index >= 15 is 0 Å². The van der Waals surface area contributed by atoms with E-state index in [1.54, 1.807) is 0 Å². The van der Waals surface area contributed by atoms with Crippen LogP contribution in [0.1, 0.15) is 7.43 Å². The van der Waals surface area contributed by atoms with Gasteiger partial charge in [0.25, 0.3) is 0 Å². The predicted octanol–water partition coefficient (Wildman–Crippen LogP) is 0.449. The molecule has 26 valence electrons. The zero-order valence-corrected chi connectivity index (χ0v) is 2.80. The fourth-order valence-corrected chi connectivity index (χ4v) is 0. The molecule has 0 spiro atoms. The van der Waals surface area contributed by atoms with Crippen molar-refractivity contribution in [2.45, 2.75) is 7.43 Å². The van der Waals surface area contributed by atoms with Gasteiger partial charge in [0, 0.05) is 17.4 Å². The van der Waals surface area contributed by atoms with Crippen LogP contribution in [-0.4, -0.2) is 6.79 Å². The van der Waals surface area contributed by atoms with E-state index in [-0.39, 0.29) is 24.8 Å². The molecule has 2 heteroatoms. The Labute approximate surface area is 37.1 Å². The molecule has 0 radical (unpaired) electrons. The van der Waals surface area contributed by atoms with Gasteiger partial charge in [-0.2, -0.15) is 0 Å². The molecule has 0 saturated carbocycles. The maximum absolute atomic E-state index is 8.00. The molecule has 0 aliphatic rings. The smallest absolute Gasteiger partial charge is 0.106 e. The van der Waals surface area contributed by atoms with Crippen LogP contribution in [0.4, 0.5) is 0 Å². The Bertz CT molecular complexity index is 6.00. The van der Waals surface area contributed by atoms with Gasteiger partial charge in [0.15, 0.2) is 0 Å². The normalized spacial score (nSPS) is 1.00. The van der Waals surface area contributed by atoms with Crippen LogP contribution in [0.2, 0.25) is 0 Å². The minimum absolute atomic E-state index is 0. The summed E-state index contributed by atoms with van der Waals surface area (Å²) in [5, 5.41) is 0. The van der Waals surface area contributed by atoms with Gasteiger partial charge in [-0.05, 0) is 0 Å². The Morgan fingerprint density at radius 1 is 1.25 bits per heavy atom. The third-order valence-electron chi connectivity index (χ3n) is 0. The van der Waals surface area contributed by atoms with Crippen molar-refractivity contribution in [1.29, 1.82) is 0 Å². The molecule has 1 nitrogen and oxygen atoms in total. The molecular formula is C2H6CrO. The van der Waals surface area contributed by atoms with Crippen molar-refractivity contribution in [3.05, 3.63) is 0 Å². The molecule has 0 fully saturated rings. The van der Waals surface area contributed by atoms with Crippen molar-refractivity contribution in [2.24, 2.45) is 0 Å². The number of rotatable bonds is 0. The molecular weight excluding hydrogens is 92.0 g/mol. The maximum Gasteiger partial charge on any atom is 0.106 e.